The van der Waals surface area contributed by atoms with Crippen LogP contribution in [-0.2, 0) is 0 Å². The van der Waals surface area contributed by atoms with Crippen LogP contribution in [0.1, 0.15) is 13.3 Å². The zero-order valence-corrected chi connectivity index (χ0v) is 11.5. The molecule has 0 spiro atoms. The fourth-order valence-corrected chi connectivity index (χ4v) is 2.11. The van der Waals surface area contributed by atoms with Gasteiger partial charge in [0.1, 0.15) is 0 Å². The zero-order chi connectivity index (χ0) is 11.1. The summed E-state index contributed by atoms with van der Waals surface area (Å²) in [4.78, 5) is 0. The molecule has 5 heteroatoms. The van der Waals surface area contributed by atoms with Crippen molar-refractivity contribution < 1.29 is 5.11 Å². The van der Waals surface area contributed by atoms with Gasteiger partial charge in [-0.1, -0.05) is 45.2 Å². The molecule has 2 atom stereocenters. The second-order valence-electron chi connectivity index (χ2n) is 2.80. The normalized spacial score (nSPS) is 18.1. The van der Waals surface area contributed by atoms with Crippen LogP contribution in [-0.4, -0.2) is 21.9 Å². The first-order chi connectivity index (χ1) is 6.52. The van der Waals surface area contributed by atoms with Crippen molar-refractivity contribution in [2.45, 2.75) is 24.8 Å². The molecule has 0 aromatic carbocycles. The molecule has 0 saturated carbocycles. The standard InChI is InChI=1S/C9H12BrCl3O/c1-6(9(14)5-10)8(13)4-7(12)2-3-11/h2-3,7,9,14H,4-5H2,1H3/b3-2-,8-6+/t7-,9+/m0/s1. The maximum atomic E-state index is 9.46. The minimum absolute atomic E-state index is 0.238. The zero-order valence-electron chi connectivity index (χ0n) is 7.68. The molecule has 0 bridgehead atoms. The summed E-state index contributed by atoms with van der Waals surface area (Å²) < 4.78 is 0. The van der Waals surface area contributed by atoms with Gasteiger partial charge in [0.25, 0.3) is 0 Å². The molecule has 82 valence electrons. The molecular formula is C9H12BrCl3O. The van der Waals surface area contributed by atoms with Crippen LogP contribution in [0, 0.1) is 0 Å². The smallest absolute Gasteiger partial charge is 0.0858 e. The fraction of sp³-hybridized carbons (Fsp3) is 0.556. The van der Waals surface area contributed by atoms with Crippen molar-refractivity contribution in [2.24, 2.45) is 0 Å². The van der Waals surface area contributed by atoms with Gasteiger partial charge in [-0.05, 0) is 12.5 Å². The number of hydrogen-bond acceptors (Lipinski definition) is 1. The summed E-state index contributed by atoms with van der Waals surface area (Å²) in [7, 11) is 0. The van der Waals surface area contributed by atoms with Crippen LogP contribution in [0.3, 0.4) is 0 Å². The molecule has 0 aliphatic heterocycles. The lowest BCUT2D eigenvalue weighted by Gasteiger charge is -2.11. The second-order valence-corrected chi connectivity index (χ2v) is 4.71. The number of allylic oxidation sites excluding steroid dienone is 2. The first-order valence-electron chi connectivity index (χ1n) is 4.03. The third-order valence-corrected chi connectivity index (χ3v) is 3.24. The average Bonchev–Trinajstić information content (AvgIpc) is 2.15. The Labute approximate surface area is 108 Å². The van der Waals surface area contributed by atoms with E-state index in [1.807, 2.05) is 0 Å². The molecule has 0 aromatic heterocycles. The van der Waals surface area contributed by atoms with Crippen molar-refractivity contribution in [2.75, 3.05) is 5.33 Å². The Hall–Kier alpha value is 0.790. The topological polar surface area (TPSA) is 20.2 Å². The van der Waals surface area contributed by atoms with Crippen LogP contribution in [0.5, 0.6) is 0 Å². The Bertz CT molecular complexity index is 228. The van der Waals surface area contributed by atoms with Crippen LogP contribution in [0.15, 0.2) is 22.2 Å². The van der Waals surface area contributed by atoms with E-state index in [1.165, 1.54) is 5.54 Å². The highest BCUT2D eigenvalue weighted by atomic mass is 79.9. The molecule has 0 aliphatic rings. The van der Waals surface area contributed by atoms with E-state index < -0.39 is 6.10 Å². The van der Waals surface area contributed by atoms with Crippen molar-refractivity contribution >= 4 is 50.7 Å². The van der Waals surface area contributed by atoms with E-state index in [1.54, 1.807) is 13.0 Å². The van der Waals surface area contributed by atoms with E-state index in [-0.39, 0.29) is 5.38 Å². The molecular weight excluding hydrogens is 310 g/mol. The van der Waals surface area contributed by atoms with E-state index >= 15 is 0 Å². The summed E-state index contributed by atoms with van der Waals surface area (Å²) in [5.74, 6) is 0. The molecule has 0 radical (unpaired) electrons. The Morgan fingerprint density at radius 2 is 2.14 bits per heavy atom. The quantitative estimate of drug-likeness (QED) is 0.759. The van der Waals surface area contributed by atoms with Gasteiger partial charge in [0.05, 0.1) is 11.5 Å². The molecule has 1 nitrogen and oxygen atoms in total. The van der Waals surface area contributed by atoms with Gasteiger partial charge in [-0.2, -0.15) is 0 Å². The van der Waals surface area contributed by atoms with E-state index in [0.717, 1.165) is 5.57 Å². The van der Waals surface area contributed by atoms with Gasteiger partial charge in [0.2, 0.25) is 0 Å². The van der Waals surface area contributed by atoms with Crippen molar-refractivity contribution in [3.05, 3.63) is 22.2 Å². The summed E-state index contributed by atoms with van der Waals surface area (Å²) in [5, 5.41) is 10.3. The molecule has 0 aromatic rings. The van der Waals surface area contributed by atoms with Crippen molar-refractivity contribution in [1.29, 1.82) is 0 Å². The highest BCUT2D eigenvalue weighted by Crippen LogP contribution is 2.22. The summed E-state index contributed by atoms with van der Waals surface area (Å²) in [5.41, 5.74) is 2.09. The molecule has 0 heterocycles. The first-order valence-corrected chi connectivity index (χ1v) is 6.40. The molecule has 1 N–H and O–H groups in total. The lowest BCUT2D eigenvalue weighted by molar-refractivity contribution is 0.236. The fourth-order valence-electron chi connectivity index (χ4n) is 0.776. The molecule has 0 saturated heterocycles. The highest BCUT2D eigenvalue weighted by Gasteiger charge is 2.11. The molecule has 0 rings (SSSR count). The maximum absolute atomic E-state index is 9.46. The SMILES string of the molecule is C/C(=C(\Cl)C[C@@H](Cl)/C=C\Cl)[C@H](O)CBr. The van der Waals surface area contributed by atoms with E-state index in [9.17, 15) is 5.11 Å². The van der Waals surface area contributed by atoms with Gasteiger partial charge in [-0.15, -0.1) is 11.6 Å². The van der Waals surface area contributed by atoms with Crippen molar-refractivity contribution in [3.63, 3.8) is 0 Å². The van der Waals surface area contributed by atoms with E-state index in [0.29, 0.717) is 16.8 Å². The first kappa shape index (κ1) is 14.8. The average molecular weight is 322 g/mol. The molecule has 0 amide bonds. The summed E-state index contributed by atoms with van der Waals surface area (Å²) in [6, 6.07) is 0. The number of aliphatic hydroxyl groups is 1. The molecule has 0 aliphatic carbocycles. The minimum Gasteiger partial charge on any atom is -0.388 e. The van der Waals surface area contributed by atoms with Gasteiger partial charge in [-0.3, -0.25) is 0 Å². The van der Waals surface area contributed by atoms with Gasteiger partial charge >= 0.3 is 0 Å². The maximum Gasteiger partial charge on any atom is 0.0858 e. The predicted molar refractivity (Wildman–Crippen MR) is 67.6 cm³/mol. The summed E-state index contributed by atoms with van der Waals surface area (Å²) >= 11 is 20.4. The molecule has 14 heavy (non-hydrogen) atoms. The van der Waals surface area contributed by atoms with Crippen LogP contribution >= 0.6 is 50.7 Å². The van der Waals surface area contributed by atoms with Crippen LogP contribution in [0.2, 0.25) is 0 Å². The minimum atomic E-state index is -0.564. The number of alkyl halides is 2. The van der Waals surface area contributed by atoms with Gasteiger partial charge in [0, 0.05) is 22.3 Å². The highest BCUT2D eigenvalue weighted by molar-refractivity contribution is 9.09. The van der Waals surface area contributed by atoms with Crippen LogP contribution < -0.4 is 0 Å². The van der Waals surface area contributed by atoms with Crippen LogP contribution in [0.25, 0.3) is 0 Å². The van der Waals surface area contributed by atoms with E-state index in [2.05, 4.69) is 15.9 Å². The van der Waals surface area contributed by atoms with Gasteiger partial charge in [-0.25, -0.2) is 0 Å². The predicted octanol–water partition coefficient (Wildman–Crippen LogP) is 4.01. The monoisotopic (exact) mass is 320 g/mol. The number of rotatable bonds is 5. The summed E-state index contributed by atoms with van der Waals surface area (Å²) in [6.07, 6.45) is 1.55. The van der Waals surface area contributed by atoms with Crippen molar-refractivity contribution in [3.8, 4) is 0 Å². The second kappa shape index (κ2) is 8.00. The third-order valence-electron chi connectivity index (χ3n) is 1.73. The number of hydrogen-bond donors (Lipinski definition) is 1. The Balaban J connectivity index is 4.36. The Kier molecular flexibility index (Phi) is 8.45. The molecule has 0 fully saturated rings. The Morgan fingerprint density at radius 1 is 1.57 bits per heavy atom. The lowest BCUT2D eigenvalue weighted by Crippen LogP contribution is -2.11. The number of aliphatic hydroxyl groups excluding tert-OH is 1. The van der Waals surface area contributed by atoms with Gasteiger partial charge in [0.15, 0.2) is 0 Å². The van der Waals surface area contributed by atoms with E-state index in [4.69, 9.17) is 34.8 Å². The van der Waals surface area contributed by atoms with Crippen LogP contribution in [0.4, 0.5) is 0 Å². The van der Waals surface area contributed by atoms with Gasteiger partial charge < -0.3 is 5.11 Å². The van der Waals surface area contributed by atoms with Crippen molar-refractivity contribution in [1.82, 2.24) is 0 Å². The third kappa shape index (κ3) is 5.62. The molecule has 0 unspecified atom stereocenters. The number of halogens is 4. The lowest BCUT2D eigenvalue weighted by atomic mass is 10.1. The summed E-state index contributed by atoms with van der Waals surface area (Å²) in [6.45, 7) is 1.78. The largest absolute Gasteiger partial charge is 0.388 e. The Morgan fingerprint density at radius 3 is 2.57 bits per heavy atom.